The molecular weight excluding hydrogens is 326 g/mol. The minimum absolute atomic E-state index is 0.504. The van der Waals surface area contributed by atoms with E-state index in [1.807, 2.05) is 24.3 Å². The van der Waals surface area contributed by atoms with Gasteiger partial charge >= 0.3 is 0 Å². The van der Waals surface area contributed by atoms with E-state index in [9.17, 15) is 0 Å². The van der Waals surface area contributed by atoms with E-state index in [4.69, 9.17) is 4.74 Å². The number of benzene rings is 2. The number of ether oxygens (including phenoxy) is 1. The molecule has 0 aliphatic rings. The van der Waals surface area contributed by atoms with Crippen molar-refractivity contribution < 1.29 is 4.74 Å². The summed E-state index contributed by atoms with van der Waals surface area (Å²) in [5, 5.41) is 3.42. The first kappa shape index (κ1) is 16.1. The molecule has 0 aliphatic carbocycles. The molecule has 2 aromatic carbocycles. The van der Waals surface area contributed by atoms with Crippen molar-refractivity contribution in [3.63, 3.8) is 0 Å². The average Bonchev–Trinajstić information content (AvgIpc) is 2.48. The van der Waals surface area contributed by atoms with Gasteiger partial charge in [0.2, 0.25) is 0 Å². The molecule has 1 unspecified atom stereocenters. The molecule has 0 aliphatic heterocycles. The van der Waals surface area contributed by atoms with Gasteiger partial charge in [0.05, 0.1) is 0 Å². The largest absolute Gasteiger partial charge is 0.489 e. The zero-order valence-corrected chi connectivity index (χ0v) is 14.2. The van der Waals surface area contributed by atoms with Crippen molar-refractivity contribution in [1.82, 2.24) is 5.32 Å². The van der Waals surface area contributed by atoms with Crippen molar-refractivity contribution in [3.05, 3.63) is 64.1 Å². The highest BCUT2D eigenvalue weighted by molar-refractivity contribution is 9.10. The molecule has 21 heavy (non-hydrogen) atoms. The van der Waals surface area contributed by atoms with Crippen LogP contribution in [0.4, 0.5) is 0 Å². The number of halogens is 1. The van der Waals surface area contributed by atoms with Crippen molar-refractivity contribution in [2.24, 2.45) is 0 Å². The summed E-state index contributed by atoms with van der Waals surface area (Å²) in [4.78, 5) is 0. The van der Waals surface area contributed by atoms with Gasteiger partial charge < -0.3 is 10.1 Å². The van der Waals surface area contributed by atoms with E-state index in [1.54, 1.807) is 0 Å². The van der Waals surface area contributed by atoms with Gasteiger partial charge in [0.1, 0.15) is 12.4 Å². The predicted molar refractivity (Wildman–Crippen MR) is 91.8 cm³/mol. The van der Waals surface area contributed by atoms with E-state index in [0.29, 0.717) is 12.6 Å². The fourth-order valence-electron chi connectivity index (χ4n) is 2.24. The molecule has 0 heterocycles. The molecule has 2 aromatic rings. The Morgan fingerprint density at radius 3 is 2.24 bits per heavy atom. The smallest absolute Gasteiger partial charge is 0.119 e. The van der Waals surface area contributed by atoms with Crippen LogP contribution in [0.3, 0.4) is 0 Å². The molecule has 2 nitrogen and oxygen atoms in total. The normalized spacial score (nSPS) is 12.1. The van der Waals surface area contributed by atoms with Crippen molar-refractivity contribution >= 4 is 15.9 Å². The van der Waals surface area contributed by atoms with Gasteiger partial charge in [-0.15, -0.1) is 0 Å². The van der Waals surface area contributed by atoms with Crippen LogP contribution < -0.4 is 10.1 Å². The first-order chi connectivity index (χ1) is 10.2. The van der Waals surface area contributed by atoms with Gasteiger partial charge in [0.15, 0.2) is 0 Å². The highest BCUT2D eigenvalue weighted by Gasteiger charge is 2.02. The van der Waals surface area contributed by atoms with Crippen molar-refractivity contribution in [3.8, 4) is 5.75 Å². The molecule has 3 heteroatoms. The van der Waals surface area contributed by atoms with E-state index < -0.39 is 0 Å². The molecule has 0 aromatic heterocycles. The number of hydrogen-bond acceptors (Lipinski definition) is 2. The van der Waals surface area contributed by atoms with E-state index in [-0.39, 0.29) is 0 Å². The summed E-state index contributed by atoms with van der Waals surface area (Å²) in [5.41, 5.74) is 2.50. The third-order valence-corrected chi connectivity index (χ3v) is 3.87. The summed E-state index contributed by atoms with van der Waals surface area (Å²) in [6, 6.07) is 17.1. The third kappa shape index (κ3) is 5.52. The van der Waals surface area contributed by atoms with E-state index in [0.717, 1.165) is 23.2 Å². The molecule has 112 valence electrons. The first-order valence-corrected chi connectivity index (χ1v) is 8.16. The van der Waals surface area contributed by atoms with Crippen molar-refractivity contribution in [2.75, 3.05) is 6.54 Å². The van der Waals surface area contributed by atoms with Gasteiger partial charge in [0, 0.05) is 10.5 Å². The number of nitrogens with one attached hydrogen (secondary N) is 1. The van der Waals surface area contributed by atoms with Crippen LogP contribution in [0.15, 0.2) is 53.0 Å². The van der Waals surface area contributed by atoms with Crippen LogP contribution in [0.5, 0.6) is 5.75 Å². The first-order valence-electron chi connectivity index (χ1n) is 7.37. The lowest BCUT2D eigenvalue weighted by atomic mass is 10.1. The molecule has 0 bridgehead atoms. The highest BCUT2D eigenvalue weighted by Crippen LogP contribution is 2.16. The molecular formula is C18H22BrNO. The van der Waals surface area contributed by atoms with Crippen molar-refractivity contribution in [2.45, 2.75) is 32.9 Å². The van der Waals surface area contributed by atoms with Crippen LogP contribution in [-0.4, -0.2) is 12.6 Å². The highest BCUT2D eigenvalue weighted by atomic mass is 79.9. The summed E-state index contributed by atoms with van der Waals surface area (Å²) >= 11 is 3.43. The van der Waals surface area contributed by atoms with Gasteiger partial charge in [-0.3, -0.25) is 0 Å². The topological polar surface area (TPSA) is 21.3 Å². The fourth-order valence-corrected chi connectivity index (χ4v) is 2.51. The average molecular weight is 348 g/mol. The van der Waals surface area contributed by atoms with Crippen LogP contribution in [0.25, 0.3) is 0 Å². The lowest BCUT2D eigenvalue weighted by Crippen LogP contribution is -2.27. The Balaban J connectivity index is 1.86. The Kier molecular flexibility index (Phi) is 6.27. The van der Waals surface area contributed by atoms with Crippen LogP contribution >= 0.6 is 15.9 Å². The standard InChI is InChI=1S/C18H22BrNO/c1-3-20-14(2)12-15-6-10-18(11-7-15)21-13-16-4-8-17(19)9-5-16/h4-11,14,20H,3,12-13H2,1-2H3. The molecule has 0 saturated carbocycles. The Hall–Kier alpha value is -1.32. The maximum Gasteiger partial charge on any atom is 0.119 e. The Morgan fingerprint density at radius 1 is 1.00 bits per heavy atom. The SMILES string of the molecule is CCNC(C)Cc1ccc(OCc2ccc(Br)cc2)cc1. The number of likely N-dealkylation sites (N-methyl/N-ethyl adjacent to an activating group) is 1. The fraction of sp³-hybridized carbons (Fsp3) is 0.333. The van der Waals surface area contributed by atoms with Crippen LogP contribution in [0.2, 0.25) is 0 Å². The zero-order valence-electron chi connectivity index (χ0n) is 12.6. The van der Waals surface area contributed by atoms with Crippen LogP contribution in [0.1, 0.15) is 25.0 Å². The van der Waals surface area contributed by atoms with Crippen LogP contribution in [0, 0.1) is 0 Å². The van der Waals surface area contributed by atoms with Gasteiger partial charge in [0.25, 0.3) is 0 Å². The lowest BCUT2D eigenvalue weighted by Gasteiger charge is -2.12. The maximum absolute atomic E-state index is 5.81. The van der Waals surface area contributed by atoms with Gasteiger partial charge in [-0.1, -0.05) is 47.1 Å². The third-order valence-electron chi connectivity index (χ3n) is 3.34. The summed E-state index contributed by atoms with van der Waals surface area (Å²) < 4.78 is 6.90. The molecule has 1 N–H and O–H groups in total. The van der Waals surface area contributed by atoms with E-state index in [1.165, 1.54) is 11.1 Å². The molecule has 0 fully saturated rings. The maximum atomic E-state index is 5.81. The minimum atomic E-state index is 0.504. The summed E-state index contributed by atoms with van der Waals surface area (Å²) in [6.45, 7) is 5.95. The molecule has 2 rings (SSSR count). The Morgan fingerprint density at radius 2 is 1.62 bits per heavy atom. The van der Waals surface area contributed by atoms with Gasteiger partial charge in [-0.2, -0.15) is 0 Å². The van der Waals surface area contributed by atoms with Crippen molar-refractivity contribution in [1.29, 1.82) is 0 Å². The second-order valence-corrected chi connectivity index (χ2v) is 6.14. The number of hydrogen-bond donors (Lipinski definition) is 1. The lowest BCUT2D eigenvalue weighted by molar-refractivity contribution is 0.306. The zero-order chi connectivity index (χ0) is 15.1. The molecule has 0 amide bonds. The van der Waals surface area contributed by atoms with E-state index in [2.05, 4.69) is 59.4 Å². The molecule has 0 radical (unpaired) electrons. The molecule has 0 saturated heterocycles. The summed E-state index contributed by atoms with van der Waals surface area (Å²) in [6.07, 6.45) is 1.04. The molecule has 0 spiro atoms. The minimum Gasteiger partial charge on any atom is -0.489 e. The predicted octanol–water partition coefficient (Wildman–Crippen LogP) is 4.57. The Bertz CT molecular complexity index is 536. The Labute approximate surface area is 135 Å². The number of rotatable bonds is 7. The second kappa shape index (κ2) is 8.20. The van der Waals surface area contributed by atoms with E-state index >= 15 is 0 Å². The monoisotopic (exact) mass is 347 g/mol. The summed E-state index contributed by atoms with van der Waals surface area (Å²) in [7, 11) is 0. The summed E-state index contributed by atoms with van der Waals surface area (Å²) in [5.74, 6) is 0.915. The quantitative estimate of drug-likeness (QED) is 0.792. The molecule has 1 atom stereocenters. The van der Waals surface area contributed by atoms with Gasteiger partial charge in [-0.25, -0.2) is 0 Å². The second-order valence-electron chi connectivity index (χ2n) is 5.22. The van der Waals surface area contributed by atoms with Crippen LogP contribution in [-0.2, 0) is 13.0 Å². The van der Waals surface area contributed by atoms with Gasteiger partial charge in [-0.05, 0) is 55.3 Å².